The van der Waals surface area contributed by atoms with E-state index in [-0.39, 0.29) is 18.7 Å². The first kappa shape index (κ1) is 13.1. The van der Waals surface area contributed by atoms with Crippen LogP contribution >= 0.6 is 0 Å². The molecule has 92 valence electrons. The maximum absolute atomic E-state index is 11.1. The second kappa shape index (κ2) is 5.95. The summed E-state index contributed by atoms with van der Waals surface area (Å²) in [6, 6.07) is 5.65. The molecule has 6 heteroatoms. The molecule has 1 rings (SSSR count). The van der Waals surface area contributed by atoms with Gasteiger partial charge in [-0.05, 0) is 12.5 Å². The summed E-state index contributed by atoms with van der Waals surface area (Å²) in [6.07, 6.45) is -1.16. The number of hydrogen-bond acceptors (Lipinski definition) is 5. The van der Waals surface area contributed by atoms with Gasteiger partial charge in [0.05, 0.1) is 11.5 Å². The fraction of sp³-hybridized carbons (Fsp3) is 0.364. The van der Waals surface area contributed by atoms with Crippen molar-refractivity contribution < 1.29 is 19.6 Å². The van der Waals surface area contributed by atoms with Gasteiger partial charge in [-0.2, -0.15) is 0 Å². The van der Waals surface area contributed by atoms with Gasteiger partial charge in [0, 0.05) is 18.6 Å². The fourth-order valence-corrected chi connectivity index (χ4v) is 1.30. The van der Waals surface area contributed by atoms with Crippen molar-refractivity contribution in [1.82, 2.24) is 0 Å². The van der Waals surface area contributed by atoms with Crippen molar-refractivity contribution in [3.05, 3.63) is 39.9 Å². The van der Waals surface area contributed by atoms with Crippen LogP contribution in [-0.2, 0) is 16.0 Å². The number of aliphatic hydroxyl groups is 1. The fourth-order valence-electron chi connectivity index (χ4n) is 1.30. The van der Waals surface area contributed by atoms with E-state index in [1.807, 2.05) is 0 Å². The van der Waals surface area contributed by atoms with E-state index in [1.165, 1.54) is 24.3 Å². The van der Waals surface area contributed by atoms with Crippen molar-refractivity contribution in [3.8, 4) is 0 Å². The third-order valence-electron chi connectivity index (χ3n) is 2.13. The Labute approximate surface area is 98.0 Å². The molecule has 1 atom stereocenters. The van der Waals surface area contributed by atoms with E-state index in [1.54, 1.807) is 6.92 Å². The number of hydrogen-bond donors (Lipinski definition) is 1. The third kappa shape index (κ3) is 3.84. The number of carbonyl (C=O) groups is 1. The molecule has 0 aliphatic carbocycles. The molecule has 0 aliphatic heterocycles. The van der Waals surface area contributed by atoms with Crippen LogP contribution in [0.25, 0.3) is 0 Å². The molecule has 17 heavy (non-hydrogen) atoms. The normalized spacial score (nSPS) is 11.9. The Morgan fingerprint density at radius 3 is 2.53 bits per heavy atom. The van der Waals surface area contributed by atoms with E-state index < -0.39 is 17.0 Å². The van der Waals surface area contributed by atoms with Gasteiger partial charge in [0.1, 0.15) is 0 Å². The summed E-state index contributed by atoms with van der Waals surface area (Å²) in [5.41, 5.74) is 0.607. The predicted octanol–water partition coefficient (Wildman–Crippen LogP) is 1.06. The largest absolute Gasteiger partial charge is 0.464 e. The molecule has 0 amide bonds. The van der Waals surface area contributed by atoms with Crippen molar-refractivity contribution >= 4 is 11.7 Å². The van der Waals surface area contributed by atoms with Crippen molar-refractivity contribution in [1.29, 1.82) is 0 Å². The average Bonchev–Trinajstić information content (AvgIpc) is 2.30. The van der Waals surface area contributed by atoms with E-state index in [2.05, 4.69) is 4.74 Å². The van der Waals surface area contributed by atoms with Crippen LogP contribution in [0.2, 0.25) is 0 Å². The summed E-state index contributed by atoms with van der Waals surface area (Å²) in [7, 11) is 0. The predicted molar refractivity (Wildman–Crippen MR) is 59.4 cm³/mol. The van der Waals surface area contributed by atoms with Crippen LogP contribution in [0.4, 0.5) is 5.69 Å². The number of benzene rings is 1. The molecule has 0 unspecified atom stereocenters. The maximum atomic E-state index is 11.1. The molecule has 0 fully saturated rings. The summed E-state index contributed by atoms with van der Waals surface area (Å²) in [6.45, 7) is 1.85. The van der Waals surface area contributed by atoms with E-state index in [9.17, 15) is 20.0 Å². The monoisotopic (exact) mass is 239 g/mol. The van der Waals surface area contributed by atoms with Crippen LogP contribution in [0.1, 0.15) is 12.5 Å². The van der Waals surface area contributed by atoms with Crippen LogP contribution in [0, 0.1) is 10.1 Å². The van der Waals surface area contributed by atoms with E-state index in [4.69, 9.17) is 0 Å². The molecule has 6 nitrogen and oxygen atoms in total. The molecule has 0 radical (unpaired) electrons. The number of ether oxygens (including phenoxy) is 1. The minimum Gasteiger partial charge on any atom is -0.464 e. The molecular weight excluding hydrogens is 226 g/mol. The number of nitro groups is 1. The van der Waals surface area contributed by atoms with Gasteiger partial charge >= 0.3 is 5.97 Å². The van der Waals surface area contributed by atoms with Gasteiger partial charge in [-0.3, -0.25) is 10.1 Å². The van der Waals surface area contributed by atoms with Gasteiger partial charge in [0.15, 0.2) is 6.10 Å². The highest BCUT2D eigenvalue weighted by Gasteiger charge is 2.17. The number of carbonyl (C=O) groups excluding carboxylic acids is 1. The highest BCUT2D eigenvalue weighted by Crippen LogP contribution is 2.13. The number of aliphatic hydroxyl groups excluding tert-OH is 1. The highest BCUT2D eigenvalue weighted by atomic mass is 16.6. The van der Waals surface area contributed by atoms with Crippen molar-refractivity contribution in [2.24, 2.45) is 0 Å². The first-order valence-electron chi connectivity index (χ1n) is 5.12. The summed E-state index contributed by atoms with van der Waals surface area (Å²) >= 11 is 0. The van der Waals surface area contributed by atoms with Crippen molar-refractivity contribution in [3.63, 3.8) is 0 Å². The van der Waals surface area contributed by atoms with Gasteiger partial charge in [0.2, 0.25) is 0 Å². The maximum Gasteiger partial charge on any atom is 0.335 e. The van der Waals surface area contributed by atoms with Gasteiger partial charge in [-0.25, -0.2) is 4.79 Å². The van der Waals surface area contributed by atoms with Crippen LogP contribution in [0.15, 0.2) is 24.3 Å². The van der Waals surface area contributed by atoms with E-state index in [0.717, 1.165) is 0 Å². The Morgan fingerprint density at radius 1 is 1.47 bits per heavy atom. The topological polar surface area (TPSA) is 89.7 Å². The first-order valence-corrected chi connectivity index (χ1v) is 5.12. The zero-order valence-electron chi connectivity index (χ0n) is 9.33. The quantitative estimate of drug-likeness (QED) is 0.471. The van der Waals surface area contributed by atoms with Gasteiger partial charge in [-0.15, -0.1) is 0 Å². The third-order valence-corrected chi connectivity index (χ3v) is 2.13. The van der Waals surface area contributed by atoms with Gasteiger partial charge < -0.3 is 9.84 Å². The molecule has 0 bridgehead atoms. The molecule has 0 heterocycles. The molecule has 1 aromatic rings. The van der Waals surface area contributed by atoms with Gasteiger partial charge in [-0.1, -0.05) is 12.1 Å². The van der Waals surface area contributed by atoms with Crippen LogP contribution in [0.5, 0.6) is 0 Å². The Hall–Kier alpha value is -1.95. The highest BCUT2D eigenvalue weighted by molar-refractivity contribution is 5.74. The summed E-state index contributed by atoms with van der Waals surface area (Å²) in [4.78, 5) is 21.0. The lowest BCUT2D eigenvalue weighted by Crippen LogP contribution is -2.25. The zero-order chi connectivity index (χ0) is 12.8. The van der Waals surface area contributed by atoms with Crippen LogP contribution in [0.3, 0.4) is 0 Å². The summed E-state index contributed by atoms with van der Waals surface area (Å²) in [5, 5.41) is 19.9. The smallest absolute Gasteiger partial charge is 0.335 e. The SMILES string of the molecule is CCOC(=O)[C@@H](O)Cc1ccc([N+](=O)[O-])cc1. The zero-order valence-corrected chi connectivity index (χ0v) is 9.33. The lowest BCUT2D eigenvalue weighted by molar-refractivity contribution is -0.384. The molecule has 0 aromatic heterocycles. The molecule has 1 N–H and O–H groups in total. The Balaban J connectivity index is 2.63. The number of nitrogens with zero attached hydrogens (tertiary/aromatic N) is 1. The van der Waals surface area contributed by atoms with Crippen LogP contribution < -0.4 is 0 Å². The Kier molecular flexibility index (Phi) is 4.59. The summed E-state index contributed by atoms with van der Waals surface area (Å²) < 4.78 is 4.64. The molecule has 0 spiro atoms. The Morgan fingerprint density at radius 2 is 2.06 bits per heavy atom. The molecule has 0 aliphatic rings. The second-order valence-corrected chi connectivity index (χ2v) is 3.40. The van der Waals surface area contributed by atoms with E-state index >= 15 is 0 Å². The molecule has 0 saturated heterocycles. The Bertz CT molecular complexity index is 401. The lowest BCUT2D eigenvalue weighted by Gasteiger charge is -2.09. The van der Waals surface area contributed by atoms with Crippen molar-refractivity contribution in [2.45, 2.75) is 19.4 Å². The molecule has 1 aromatic carbocycles. The number of rotatable bonds is 5. The van der Waals surface area contributed by atoms with Crippen molar-refractivity contribution in [2.75, 3.05) is 6.61 Å². The summed E-state index contributed by atoms with van der Waals surface area (Å²) in [5.74, 6) is -0.689. The standard InChI is InChI=1S/C11H13NO5/c1-2-17-11(14)10(13)7-8-3-5-9(6-4-8)12(15)16/h3-6,10,13H,2,7H2,1H3/t10-/m0/s1. The van der Waals surface area contributed by atoms with E-state index in [0.29, 0.717) is 5.56 Å². The minimum atomic E-state index is -1.24. The average molecular weight is 239 g/mol. The first-order chi connectivity index (χ1) is 8.04. The van der Waals surface area contributed by atoms with Crippen LogP contribution in [-0.4, -0.2) is 28.7 Å². The number of nitro benzene ring substituents is 1. The molecular formula is C11H13NO5. The number of esters is 1. The lowest BCUT2D eigenvalue weighted by atomic mass is 10.1. The molecule has 0 saturated carbocycles. The number of non-ortho nitro benzene ring substituents is 1. The van der Waals surface area contributed by atoms with Gasteiger partial charge in [0.25, 0.3) is 5.69 Å². The minimum absolute atomic E-state index is 0.0284. The second-order valence-electron chi connectivity index (χ2n) is 3.40.